The molecule has 6 heteroatoms. The fraction of sp³-hybridized carbons (Fsp3) is 0.273. The van der Waals surface area contributed by atoms with Crippen molar-refractivity contribution in [2.45, 2.75) is 6.92 Å². The highest BCUT2D eigenvalue weighted by molar-refractivity contribution is 6.00. The Bertz CT molecular complexity index is 448. The zero-order valence-corrected chi connectivity index (χ0v) is 9.53. The average molecular weight is 240 g/mol. The van der Waals surface area contributed by atoms with Crippen molar-refractivity contribution in [2.24, 2.45) is 0 Å². The number of nitrogens with zero attached hydrogens (tertiary/aromatic N) is 1. The molecular weight excluding hydrogens is 227 g/mol. The topological polar surface area (TPSA) is 69.6 Å². The Hall–Kier alpha value is -2.11. The van der Waals surface area contributed by atoms with E-state index >= 15 is 0 Å². The van der Waals surface area contributed by atoms with E-state index in [1.165, 1.54) is 24.1 Å². The van der Waals surface area contributed by atoms with Gasteiger partial charge in [0.25, 0.3) is 0 Å². The highest BCUT2D eigenvalue weighted by Gasteiger charge is 2.17. The van der Waals surface area contributed by atoms with Gasteiger partial charge in [-0.25, -0.2) is 14.0 Å². The normalized spacial score (nSPS) is 9.82. The van der Waals surface area contributed by atoms with E-state index in [1.807, 2.05) is 0 Å². The molecule has 0 aliphatic carbocycles. The number of para-hydroxylation sites is 1. The average Bonchev–Trinajstić information content (AvgIpc) is 2.30. The number of hydrogen-bond donors (Lipinski definition) is 2. The summed E-state index contributed by atoms with van der Waals surface area (Å²) in [6.07, 6.45) is 0. The van der Waals surface area contributed by atoms with Crippen molar-refractivity contribution in [3.8, 4) is 0 Å². The third-order valence-corrected chi connectivity index (χ3v) is 2.30. The molecule has 0 aliphatic heterocycles. The predicted molar refractivity (Wildman–Crippen MR) is 60.7 cm³/mol. The highest BCUT2D eigenvalue weighted by atomic mass is 19.1. The van der Waals surface area contributed by atoms with Crippen molar-refractivity contribution < 1.29 is 19.1 Å². The molecule has 17 heavy (non-hydrogen) atoms. The zero-order chi connectivity index (χ0) is 13.0. The van der Waals surface area contributed by atoms with Crippen molar-refractivity contribution in [1.29, 1.82) is 0 Å². The molecular formula is C11H13FN2O3. The summed E-state index contributed by atoms with van der Waals surface area (Å²) in [4.78, 5) is 23.7. The number of urea groups is 1. The van der Waals surface area contributed by atoms with Gasteiger partial charge in [0.15, 0.2) is 0 Å². The van der Waals surface area contributed by atoms with E-state index in [2.05, 4.69) is 5.32 Å². The van der Waals surface area contributed by atoms with E-state index < -0.39 is 17.8 Å². The number of benzene rings is 1. The molecule has 0 aromatic heterocycles. The lowest BCUT2D eigenvalue weighted by Crippen LogP contribution is -2.31. The lowest BCUT2D eigenvalue weighted by atomic mass is 10.1. The Balaban J connectivity index is 3.05. The van der Waals surface area contributed by atoms with Gasteiger partial charge in [-0.05, 0) is 19.1 Å². The van der Waals surface area contributed by atoms with Crippen LogP contribution < -0.4 is 5.32 Å². The minimum Gasteiger partial charge on any atom is -0.478 e. The summed E-state index contributed by atoms with van der Waals surface area (Å²) in [5.74, 6) is -2.07. The SMILES string of the molecule is CCN(C)C(=O)Nc1c(F)cccc1C(=O)O. The fourth-order valence-corrected chi connectivity index (χ4v) is 1.18. The van der Waals surface area contributed by atoms with E-state index in [-0.39, 0.29) is 11.3 Å². The second kappa shape index (κ2) is 5.29. The van der Waals surface area contributed by atoms with Crippen LogP contribution in [0.25, 0.3) is 0 Å². The molecule has 1 rings (SSSR count). The maximum atomic E-state index is 13.4. The molecule has 0 bridgehead atoms. The monoisotopic (exact) mass is 240 g/mol. The first-order valence-electron chi connectivity index (χ1n) is 5.01. The molecule has 0 atom stereocenters. The number of aromatic carboxylic acids is 1. The summed E-state index contributed by atoms with van der Waals surface area (Å²) < 4.78 is 13.4. The Morgan fingerprint density at radius 3 is 2.65 bits per heavy atom. The van der Waals surface area contributed by atoms with Crippen LogP contribution in [0.4, 0.5) is 14.9 Å². The van der Waals surface area contributed by atoms with Crippen LogP contribution in [0.1, 0.15) is 17.3 Å². The summed E-state index contributed by atoms with van der Waals surface area (Å²) >= 11 is 0. The Kier molecular flexibility index (Phi) is 4.03. The molecule has 1 aromatic carbocycles. The van der Waals surface area contributed by atoms with E-state index in [0.29, 0.717) is 6.54 Å². The van der Waals surface area contributed by atoms with E-state index in [9.17, 15) is 14.0 Å². The van der Waals surface area contributed by atoms with Gasteiger partial charge >= 0.3 is 12.0 Å². The van der Waals surface area contributed by atoms with Crippen molar-refractivity contribution in [1.82, 2.24) is 4.90 Å². The molecule has 1 aromatic rings. The predicted octanol–water partition coefficient (Wildman–Crippen LogP) is 2.01. The molecule has 0 fully saturated rings. The van der Waals surface area contributed by atoms with Gasteiger partial charge in [0.05, 0.1) is 11.3 Å². The van der Waals surface area contributed by atoms with Crippen LogP contribution in [0, 0.1) is 5.82 Å². The quantitative estimate of drug-likeness (QED) is 0.849. The van der Waals surface area contributed by atoms with Gasteiger partial charge < -0.3 is 15.3 Å². The van der Waals surface area contributed by atoms with E-state index in [0.717, 1.165) is 6.07 Å². The third-order valence-electron chi connectivity index (χ3n) is 2.30. The van der Waals surface area contributed by atoms with E-state index in [1.54, 1.807) is 6.92 Å². The van der Waals surface area contributed by atoms with Gasteiger partial charge in [-0.2, -0.15) is 0 Å². The molecule has 0 radical (unpaired) electrons. The summed E-state index contributed by atoms with van der Waals surface area (Å²) in [6, 6.07) is 3.04. The summed E-state index contributed by atoms with van der Waals surface area (Å²) in [5, 5.41) is 11.1. The lowest BCUT2D eigenvalue weighted by molar-refractivity contribution is 0.0697. The molecule has 0 heterocycles. The molecule has 5 nitrogen and oxygen atoms in total. The van der Waals surface area contributed by atoms with E-state index in [4.69, 9.17) is 5.11 Å². The number of rotatable bonds is 3. The van der Waals surface area contributed by atoms with Gasteiger partial charge in [-0.3, -0.25) is 0 Å². The lowest BCUT2D eigenvalue weighted by Gasteiger charge is -2.16. The maximum absolute atomic E-state index is 13.4. The number of halogens is 1. The number of carbonyl (C=O) groups is 2. The summed E-state index contributed by atoms with van der Waals surface area (Å²) in [7, 11) is 1.52. The van der Waals surface area contributed by atoms with Gasteiger partial charge in [0, 0.05) is 13.6 Å². The second-order valence-electron chi connectivity index (χ2n) is 3.41. The van der Waals surface area contributed by atoms with Crippen molar-refractivity contribution in [2.75, 3.05) is 18.9 Å². The molecule has 0 aliphatic rings. The number of carboxylic acids is 1. The molecule has 0 unspecified atom stereocenters. The number of nitrogens with one attached hydrogen (secondary N) is 1. The van der Waals surface area contributed by atoms with Crippen molar-refractivity contribution in [3.05, 3.63) is 29.6 Å². The number of hydrogen-bond acceptors (Lipinski definition) is 2. The first kappa shape index (κ1) is 13.0. The summed E-state index contributed by atoms with van der Waals surface area (Å²) in [6.45, 7) is 2.18. The van der Waals surface area contributed by atoms with Crippen LogP contribution >= 0.6 is 0 Å². The largest absolute Gasteiger partial charge is 0.478 e. The van der Waals surface area contributed by atoms with Crippen LogP contribution in [0.2, 0.25) is 0 Å². The number of carboxylic acid groups (broad SMARTS) is 1. The van der Waals surface area contributed by atoms with Crippen LogP contribution in [0.15, 0.2) is 18.2 Å². The maximum Gasteiger partial charge on any atom is 0.337 e. The molecule has 0 saturated carbocycles. The molecule has 0 saturated heterocycles. The standard InChI is InChI=1S/C11H13FN2O3/c1-3-14(2)11(17)13-9-7(10(15)16)5-4-6-8(9)12/h4-6H,3H2,1-2H3,(H,13,17)(H,15,16). The Labute approximate surface area is 97.8 Å². The Morgan fingerprint density at radius 1 is 1.47 bits per heavy atom. The first-order valence-corrected chi connectivity index (χ1v) is 5.01. The van der Waals surface area contributed by atoms with Gasteiger partial charge in [0.2, 0.25) is 0 Å². The number of anilines is 1. The third kappa shape index (κ3) is 2.93. The first-order chi connectivity index (χ1) is 7.97. The van der Waals surface area contributed by atoms with Crippen LogP contribution in [0.3, 0.4) is 0 Å². The number of amides is 2. The minimum absolute atomic E-state index is 0.275. The summed E-state index contributed by atoms with van der Waals surface area (Å²) in [5.41, 5.74) is -0.590. The van der Waals surface area contributed by atoms with Crippen LogP contribution in [0.5, 0.6) is 0 Å². The van der Waals surface area contributed by atoms with Crippen molar-refractivity contribution in [3.63, 3.8) is 0 Å². The highest BCUT2D eigenvalue weighted by Crippen LogP contribution is 2.20. The van der Waals surface area contributed by atoms with Gasteiger partial charge in [-0.1, -0.05) is 6.07 Å². The number of carbonyl (C=O) groups excluding carboxylic acids is 1. The van der Waals surface area contributed by atoms with Crippen LogP contribution in [-0.4, -0.2) is 35.6 Å². The molecule has 2 amide bonds. The van der Waals surface area contributed by atoms with Gasteiger partial charge in [-0.15, -0.1) is 0 Å². The molecule has 2 N–H and O–H groups in total. The van der Waals surface area contributed by atoms with Gasteiger partial charge in [0.1, 0.15) is 5.82 Å². The van der Waals surface area contributed by atoms with Crippen LogP contribution in [-0.2, 0) is 0 Å². The van der Waals surface area contributed by atoms with Crippen molar-refractivity contribution >= 4 is 17.7 Å². The molecule has 0 spiro atoms. The fourth-order valence-electron chi connectivity index (χ4n) is 1.18. The zero-order valence-electron chi connectivity index (χ0n) is 9.53. The second-order valence-corrected chi connectivity index (χ2v) is 3.41. The minimum atomic E-state index is -1.29. The smallest absolute Gasteiger partial charge is 0.337 e. The Morgan fingerprint density at radius 2 is 2.12 bits per heavy atom. The molecule has 92 valence electrons.